The van der Waals surface area contributed by atoms with Gasteiger partial charge in [0.05, 0.1) is 10.6 Å². The second kappa shape index (κ2) is 5.78. The van der Waals surface area contributed by atoms with Crippen molar-refractivity contribution in [1.29, 1.82) is 0 Å². The summed E-state index contributed by atoms with van der Waals surface area (Å²) >= 11 is 8.85. The Kier molecular flexibility index (Phi) is 4.93. The summed E-state index contributed by atoms with van der Waals surface area (Å²) in [5.74, 6) is -0.991. The molecule has 0 aromatic heterocycles. The fourth-order valence-electron chi connectivity index (χ4n) is 1.55. The summed E-state index contributed by atoms with van der Waals surface area (Å²) in [4.78, 5) is 11.9. The zero-order valence-corrected chi connectivity index (χ0v) is 11.5. The van der Waals surface area contributed by atoms with E-state index < -0.39 is 5.82 Å². The largest absolute Gasteiger partial charge is 0.294 e. The number of hydrogen-bond donors (Lipinski definition) is 0. The molecular weight excluding hydrogens is 294 g/mol. The SMILES string of the molecule is CCCC(C)C(=O)c1ccc(Br)c(Cl)c1F. The molecule has 16 heavy (non-hydrogen) atoms. The lowest BCUT2D eigenvalue weighted by Gasteiger charge is -2.10. The molecular formula is C12H13BrClFO. The van der Waals surface area contributed by atoms with E-state index in [9.17, 15) is 9.18 Å². The van der Waals surface area contributed by atoms with Crippen LogP contribution in [0.1, 0.15) is 37.0 Å². The van der Waals surface area contributed by atoms with Gasteiger partial charge >= 0.3 is 0 Å². The van der Waals surface area contributed by atoms with Gasteiger partial charge in [-0.3, -0.25) is 4.79 Å². The fraction of sp³-hybridized carbons (Fsp3) is 0.417. The predicted octanol–water partition coefficient (Wildman–Crippen LogP) is 4.86. The lowest BCUT2D eigenvalue weighted by molar-refractivity contribution is 0.0919. The molecule has 0 aliphatic rings. The van der Waals surface area contributed by atoms with E-state index in [4.69, 9.17) is 11.6 Å². The molecule has 0 saturated carbocycles. The van der Waals surface area contributed by atoms with Crippen molar-refractivity contribution >= 4 is 33.3 Å². The molecule has 0 amide bonds. The molecule has 0 bridgehead atoms. The highest BCUT2D eigenvalue weighted by atomic mass is 79.9. The van der Waals surface area contributed by atoms with Crippen LogP contribution in [0.25, 0.3) is 0 Å². The molecule has 1 atom stereocenters. The molecule has 1 unspecified atom stereocenters. The van der Waals surface area contributed by atoms with Gasteiger partial charge in [0.15, 0.2) is 11.6 Å². The van der Waals surface area contributed by atoms with Crippen LogP contribution in [0.5, 0.6) is 0 Å². The topological polar surface area (TPSA) is 17.1 Å². The molecule has 0 saturated heterocycles. The van der Waals surface area contributed by atoms with Crippen molar-refractivity contribution in [2.45, 2.75) is 26.7 Å². The number of benzene rings is 1. The molecule has 0 N–H and O–H groups in total. The minimum absolute atomic E-state index is 0.0328. The minimum atomic E-state index is -0.635. The summed E-state index contributed by atoms with van der Waals surface area (Å²) in [6, 6.07) is 3.07. The maximum atomic E-state index is 13.7. The monoisotopic (exact) mass is 306 g/mol. The smallest absolute Gasteiger partial charge is 0.168 e. The molecule has 88 valence electrons. The highest BCUT2D eigenvalue weighted by Crippen LogP contribution is 2.29. The van der Waals surface area contributed by atoms with Gasteiger partial charge in [-0.25, -0.2) is 4.39 Å². The third kappa shape index (κ3) is 2.83. The second-order valence-electron chi connectivity index (χ2n) is 3.78. The van der Waals surface area contributed by atoms with Gasteiger partial charge in [-0.1, -0.05) is 31.9 Å². The van der Waals surface area contributed by atoms with Gasteiger partial charge in [0.2, 0.25) is 0 Å². The van der Waals surface area contributed by atoms with Crippen molar-refractivity contribution in [1.82, 2.24) is 0 Å². The van der Waals surface area contributed by atoms with Crippen LogP contribution in [-0.2, 0) is 0 Å². The first-order valence-corrected chi connectivity index (χ1v) is 6.33. The maximum Gasteiger partial charge on any atom is 0.168 e. The summed E-state index contributed by atoms with van der Waals surface area (Å²) in [5, 5.41) is -0.0328. The van der Waals surface area contributed by atoms with Crippen molar-refractivity contribution in [3.8, 4) is 0 Å². The van der Waals surface area contributed by atoms with Gasteiger partial charge < -0.3 is 0 Å². The Labute approximate surface area is 108 Å². The van der Waals surface area contributed by atoms with E-state index in [1.165, 1.54) is 6.07 Å². The summed E-state index contributed by atoms with van der Waals surface area (Å²) < 4.78 is 14.2. The number of carbonyl (C=O) groups excluding carboxylic acids is 1. The zero-order valence-electron chi connectivity index (χ0n) is 9.19. The Morgan fingerprint density at radius 3 is 2.75 bits per heavy atom. The Morgan fingerprint density at radius 2 is 2.19 bits per heavy atom. The lowest BCUT2D eigenvalue weighted by Crippen LogP contribution is -2.13. The maximum absolute atomic E-state index is 13.7. The second-order valence-corrected chi connectivity index (χ2v) is 5.01. The van der Waals surface area contributed by atoms with Crippen LogP contribution in [0.3, 0.4) is 0 Å². The van der Waals surface area contributed by atoms with Crippen LogP contribution in [0.4, 0.5) is 4.39 Å². The normalized spacial score (nSPS) is 12.6. The third-order valence-electron chi connectivity index (χ3n) is 2.47. The standard InChI is InChI=1S/C12H13BrClFO/c1-3-4-7(2)12(16)8-5-6-9(13)10(14)11(8)15/h5-7H,3-4H2,1-2H3. The molecule has 4 heteroatoms. The Balaban J connectivity index is 3.05. The number of carbonyl (C=O) groups is 1. The third-order valence-corrected chi connectivity index (χ3v) is 3.73. The van der Waals surface area contributed by atoms with Crippen LogP contribution < -0.4 is 0 Å². The quantitative estimate of drug-likeness (QED) is 0.573. The molecule has 1 aromatic rings. The molecule has 0 aliphatic carbocycles. The molecule has 0 spiro atoms. The van der Waals surface area contributed by atoms with E-state index in [0.717, 1.165) is 12.8 Å². The summed E-state index contributed by atoms with van der Waals surface area (Å²) in [6.45, 7) is 3.80. The number of halogens is 3. The van der Waals surface area contributed by atoms with Crippen LogP contribution >= 0.6 is 27.5 Å². The Morgan fingerprint density at radius 1 is 1.56 bits per heavy atom. The average molecular weight is 308 g/mol. The van der Waals surface area contributed by atoms with Crippen LogP contribution in [0.2, 0.25) is 5.02 Å². The van der Waals surface area contributed by atoms with E-state index >= 15 is 0 Å². The first-order valence-electron chi connectivity index (χ1n) is 5.16. The van der Waals surface area contributed by atoms with Gasteiger partial charge in [-0.15, -0.1) is 0 Å². The van der Waals surface area contributed by atoms with Crippen molar-refractivity contribution < 1.29 is 9.18 Å². The van der Waals surface area contributed by atoms with Crippen LogP contribution in [0.15, 0.2) is 16.6 Å². The zero-order chi connectivity index (χ0) is 12.3. The van der Waals surface area contributed by atoms with Gasteiger partial charge in [-0.05, 0) is 34.5 Å². The molecule has 0 radical (unpaired) electrons. The van der Waals surface area contributed by atoms with Crippen LogP contribution in [-0.4, -0.2) is 5.78 Å². The van der Waals surface area contributed by atoms with E-state index in [0.29, 0.717) is 4.47 Å². The number of hydrogen-bond acceptors (Lipinski definition) is 1. The van der Waals surface area contributed by atoms with Crippen molar-refractivity contribution in [2.24, 2.45) is 5.92 Å². The van der Waals surface area contributed by atoms with Gasteiger partial charge in [0.25, 0.3) is 0 Å². The minimum Gasteiger partial charge on any atom is -0.294 e. The first kappa shape index (κ1) is 13.7. The highest BCUT2D eigenvalue weighted by Gasteiger charge is 2.20. The summed E-state index contributed by atoms with van der Waals surface area (Å²) in [7, 11) is 0. The first-order chi connectivity index (χ1) is 7.49. The average Bonchev–Trinajstić information content (AvgIpc) is 2.26. The molecule has 1 nitrogen and oxygen atoms in total. The molecule has 0 heterocycles. The Bertz CT molecular complexity index is 406. The van der Waals surface area contributed by atoms with E-state index in [1.54, 1.807) is 13.0 Å². The van der Waals surface area contributed by atoms with E-state index in [1.807, 2.05) is 6.92 Å². The molecule has 1 aromatic carbocycles. The summed E-state index contributed by atoms with van der Waals surface area (Å²) in [5.41, 5.74) is 0.0779. The molecule has 1 rings (SSSR count). The summed E-state index contributed by atoms with van der Waals surface area (Å²) in [6.07, 6.45) is 1.66. The van der Waals surface area contributed by atoms with Crippen molar-refractivity contribution in [3.05, 3.63) is 33.0 Å². The predicted molar refractivity (Wildman–Crippen MR) is 67.5 cm³/mol. The van der Waals surface area contributed by atoms with Crippen molar-refractivity contribution in [2.75, 3.05) is 0 Å². The number of rotatable bonds is 4. The molecule has 0 fully saturated rings. The highest BCUT2D eigenvalue weighted by molar-refractivity contribution is 9.10. The van der Waals surface area contributed by atoms with E-state index in [-0.39, 0.29) is 22.3 Å². The lowest BCUT2D eigenvalue weighted by atomic mass is 9.95. The van der Waals surface area contributed by atoms with E-state index in [2.05, 4.69) is 15.9 Å². The number of Topliss-reactive ketones (excluding diaryl/α,β-unsaturated/α-hetero) is 1. The molecule has 0 aliphatic heterocycles. The van der Waals surface area contributed by atoms with Crippen LogP contribution in [0, 0.1) is 11.7 Å². The van der Waals surface area contributed by atoms with Gasteiger partial charge in [-0.2, -0.15) is 0 Å². The van der Waals surface area contributed by atoms with Gasteiger partial charge in [0.1, 0.15) is 0 Å². The fourth-order valence-corrected chi connectivity index (χ4v) is 2.02. The van der Waals surface area contributed by atoms with Crippen molar-refractivity contribution in [3.63, 3.8) is 0 Å². The Hall–Kier alpha value is -0.410. The van der Waals surface area contributed by atoms with Gasteiger partial charge in [0, 0.05) is 10.4 Å². The number of ketones is 1.